The van der Waals surface area contributed by atoms with Gasteiger partial charge in [-0.05, 0) is 56.2 Å². The van der Waals surface area contributed by atoms with Gasteiger partial charge in [-0.3, -0.25) is 9.79 Å². The normalized spacial score (nSPS) is 20.5. The number of aliphatic imine (C=N–C) groups is 1. The lowest BCUT2D eigenvalue weighted by atomic mass is 9.93. The molecule has 2 aliphatic heterocycles. The number of nitrogens with one attached hydrogen (secondary N) is 2. The first kappa shape index (κ1) is 19.9. The third-order valence-corrected chi connectivity index (χ3v) is 6.37. The monoisotopic (exact) mass is 400 g/mol. The Morgan fingerprint density at radius 3 is 2.69 bits per heavy atom. The molecule has 0 radical (unpaired) electrons. The first-order valence-electron chi connectivity index (χ1n) is 10.8. The lowest BCUT2D eigenvalue weighted by Gasteiger charge is -2.34. The van der Waals surface area contributed by atoms with E-state index in [1.54, 1.807) is 7.05 Å². The summed E-state index contributed by atoms with van der Waals surface area (Å²) in [5.74, 6) is 3.29. The molecule has 4 rings (SSSR count). The molecule has 2 heterocycles. The van der Waals surface area contributed by atoms with Gasteiger partial charge in [0.2, 0.25) is 12.7 Å². The molecule has 0 bridgehead atoms. The molecule has 0 atom stereocenters. The predicted octanol–water partition coefficient (Wildman–Crippen LogP) is 2.26. The van der Waals surface area contributed by atoms with Crippen molar-refractivity contribution in [3.63, 3.8) is 0 Å². The molecule has 7 heteroatoms. The second kappa shape index (κ2) is 8.51. The number of carbonyl (C=O) groups is 1. The Labute approximate surface area is 172 Å². The molecule has 3 aliphatic rings. The molecule has 0 spiro atoms. The van der Waals surface area contributed by atoms with E-state index >= 15 is 0 Å². The van der Waals surface area contributed by atoms with E-state index in [0.717, 1.165) is 69.3 Å². The Kier molecular flexibility index (Phi) is 5.83. The summed E-state index contributed by atoms with van der Waals surface area (Å²) in [5, 5.41) is 6.20. The van der Waals surface area contributed by atoms with Crippen LogP contribution >= 0.6 is 0 Å². The van der Waals surface area contributed by atoms with Gasteiger partial charge in [0.25, 0.3) is 0 Å². The van der Waals surface area contributed by atoms with Crippen LogP contribution < -0.4 is 20.1 Å². The average molecular weight is 401 g/mol. The molecule has 2 N–H and O–H groups in total. The van der Waals surface area contributed by atoms with E-state index in [9.17, 15) is 4.79 Å². The summed E-state index contributed by atoms with van der Waals surface area (Å²) in [6.07, 6.45) is 5.01. The van der Waals surface area contributed by atoms with Crippen molar-refractivity contribution in [2.75, 3.05) is 40.0 Å². The third kappa shape index (κ3) is 4.43. The van der Waals surface area contributed by atoms with Crippen LogP contribution in [0.25, 0.3) is 0 Å². The fourth-order valence-corrected chi connectivity index (χ4v) is 4.28. The van der Waals surface area contributed by atoms with Gasteiger partial charge in [0, 0.05) is 38.5 Å². The number of amides is 1. The summed E-state index contributed by atoms with van der Waals surface area (Å²) in [5.41, 5.74) is 1.42. The second-order valence-corrected chi connectivity index (χ2v) is 8.33. The number of fused-ring (bicyclic) bond motifs is 1. The number of hydrogen-bond donors (Lipinski definition) is 2. The van der Waals surface area contributed by atoms with E-state index < -0.39 is 0 Å². The molecule has 1 amide bonds. The Hall–Kier alpha value is -2.44. The first-order chi connectivity index (χ1) is 14.1. The maximum atomic E-state index is 11.6. The van der Waals surface area contributed by atoms with E-state index in [2.05, 4.69) is 34.6 Å². The maximum Gasteiger partial charge on any atom is 0.231 e. The summed E-state index contributed by atoms with van der Waals surface area (Å²) < 4.78 is 11.0. The van der Waals surface area contributed by atoms with Crippen molar-refractivity contribution in [3.05, 3.63) is 23.8 Å². The molecule has 7 nitrogen and oxygen atoms in total. The van der Waals surface area contributed by atoms with Gasteiger partial charge >= 0.3 is 0 Å². The zero-order valence-corrected chi connectivity index (χ0v) is 17.5. The summed E-state index contributed by atoms with van der Waals surface area (Å²) in [6.45, 7) is 5.96. The van der Waals surface area contributed by atoms with Gasteiger partial charge in [0.05, 0.1) is 6.54 Å². The van der Waals surface area contributed by atoms with Crippen molar-refractivity contribution in [1.82, 2.24) is 15.5 Å². The number of benzene rings is 1. The van der Waals surface area contributed by atoms with Crippen LogP contribution in [0.3, 0.4) is 0 Å². The SMILES string of the molecule is CCNC(=NCC1(c2ccc3c(c2)OCO3)CC1)N1CCC(CC(=O)NC)CC1. The van der Waals surface area contributed by atoms with Crippen molar-refractivity contribution >= 4 is 11.9 Å². The number of hydrogen-bond acceptors (Lipinski definition) is 4. The zero-order valence-electron chi connectivity index (χ0n) is 17.5. The molecular weight excluding hydrogens is 368 g/mol. The third-order valence-electron chi connectivity index (χ3n) is 6.37. The standard InChI is InChI=1S/C22H32N4O3/c1-3-24-21(26-10-6-16(7-11-26)12-20(27)23-2)25-14-22(8-9-22)17-4-5-18-19(13-17)29-15-28-18/h4-5,13,16H,3,6-12,14-15H2,1-2H3,(H,23,27)(H,24,25). The molecule has 29 heavy (non-hydrogen) atoms. The molecule has 1 saturated heterocycles. The Morgan fingerprint density at radius 1 is 1.24 bits per heavy atom. The van der Waals surface area contributed by atoms with Crippen LogP contribution in [0.2, 0.25) is 0 Å². The topological polar surface area (TPSA) is 75.2 Å². The smallest absolute Gasteiger partial charge is 0.231 e. The summed E-state index contributed by atoms with van der Waals surface area (Å²) in [4.78, 5) is 19.0. The lowest BCUT2D eigenvalue weighted by molar-refractivity contribution is -0.121. The summed E-state index contributed by atoms with van der Waals surface area (Å²) in [7, 11) is 1.71. The van der Waals surface area contributed by atoms with Gasteiger partial charge < -0.3 is 25.0 Å². The number of piperidine rings is 1. The van der Waals surface area contributed by atoms with Gasteiger partial charge in [-0.15, -0.1) is 0 Å². The van der Waals surface area contributed by atoms with Gasteiger partial charge in [-0.25, -0.2) is 0 Å². The number of nitrogens with zero attached hydrogens (tertiary/aromatic N) is 2. The minimum absolute atomic E-state index is 0.124. The minimum atomic E-state index is 0.124. The predicted molar refractivity (Wildman–Crippen MR) is 112 cm³/mol. The van der Waals surface area contributed by atoms with Crippen molar-refractivity contribution in [1.29, 1.82) is 0 Å². The van der Waals surface area contributed by atoms with Crippen LogP contribution in [0, 0.1) is 5.92 Å². The van der Waals surface area contributed by atoms with Crippen molar-refractivity contribution < 1.29 is 14.3 Å². The summed E-state index contributed by atoms with van der Waals surface area (Å²) in [6, 6.07) is 6.30. The minimum Gasteiger partial charge on any atom is -0.454 e. The van der Waals surface area contributed by atoms with E-state index in [-0.39, 0.29) is 11.3 Å². The van der Waals surface area contributed by atoms with E-state index in [1.165, 1.54) is 5.56 Å². The summed E-state index contributed by atoms with van der Waals surface area (Å²) >= 11 is 0. The second-order valence-electron chi connectivity index (χ2n) is 8.33. The molecule has 1 aliphatic carbocycles. The molecule has 1 saturated carbocycles. The number of guanidine groups is 1. The molecule has 1 aromatic rings. The van der Waals surface area contributed by atoms with Crippen LogP contribution in [-0.2, 0) is 10.2 Å². The molecule has 0 unspecified atom stereocenters. The van der Waals surface area contributed by atoms with E-state index in [4.69, 9.17) is 14.5 Å². The van der Waals surface area contributed by atoms with Crippen LogP contribution in [0.15, 0.2) is 23.2 Å². The lowest BCUT2D eigenvalue weighted by Crippen LogP contribution is -2.46. The molecule has 0 aromatic heterocycles. The van der Waals surface area contributed by atoms with Crippen LogP contribution in [0.1, 0.15) is 44.6 Å². The van der Waals surface area contributed by atoms with Crippen LogP contribution in [-0.4, -0.2) is 56.8 Å². The van der Waals surface area contributed by atoms with E-state index in [1.807, 2.05) is 6.07 Å². The van der Waals surface area contributed by atoms with Crippen molar-refractivity contribution in [2.24, 2.45) is 10.9 Å². The molecule has 158 valence electrons. The Bertz CT molecular complexity index is 767. The van der Waals surface area contributed by atoms with Crippen molar-refractivity contribution in [3.8, 4) is 11.5 Å². The number of ether oxygens (including phenoxy) is 2. The van der Waals surface area contributed by atoms with Crippen molar-refractivity contribution in [2.45, 2.75) is 44.4 Å². The maximum absolute atomic E-state index is 11.6. The molecule has 1 aromatic carbocycles. The Balaban J connectivity index is 1.39. The molecular formula is C22H32N4O3. The number of likely N-dealkylation sites (tertiary alicyclic amines) is 1. The van der Waals surface area contributed by atoms with Gasteiger partial charge in [-0.1, -0.05) is 6.07 Å². The van der Waals surface area contributed by atoms with Gasteiger partial charge in [0.1, 0.15) is 0 Å². The fraction of sp³-hybridized carbons (Fsp3) is 0.636. The van der Waals surface area contributed by atoms with E-state index in [0.29, 0.717) is 19.1 Å². The zero-order chi connectivity index (χ0) is 20.3. The molecule has 2 fully saturated rings. The number of rotatable bonds is 6. The number of carbonyl (C=O) groups excluding carboxylic acids is 1. The van der Waals surface area contributed by atoms with Gasteiger partial charge in [-0.2, -0.15) is 0 Å². The van der Waals surface area contributed by atoms with Crippen LogP contribution in [0.4, 0.5) is 0 Å². The average Bonchev–Trinajstić information content (AvgIpc) is 3.39. The highest BCUT2D eigenvalue weighted by Gasteiger charge is 2.45. The van der Waals surface area contributed by atoms with Gasteiger partial charge in [0.15, 0.2) is 17.5 Å². The largest absolute Gasteiger partial charge is 0.454 e. The highest BCUT2D eigenvalue weighted by atomic mass is 16.7. The highest BCUT2D eigenvalue weighted by Crippen LogP contribution is 2.50. The fourth-order valence-electron chi connectivity index (χ4n) is 4.28. The first-order valence-corrected chi connectivity index (χ1v) is 10.8. The highest BCUT2D eigenvalue weighted by molar-refractivity contribution is 5.80. The Morgan fingerprint density at radius 2 is 2.00 bits per heavy atom. The van der Waals surface area contributed by atoms with Crippen LogP contribution in [0.5, 0.6) is 11.5 Å². The quantitative estimate of drug-likeness (QED) is 0.566.